The number of aromatic nitrogens is 1. The van der Waals surface area contributed by atoms with Crippen LogP contribution < -0.4 is 10.2 Å². The Morgan fingerprint density at radius 1 is 1.03 bits per heavy atom. The molecule has 0 fully saturated rings. The zero-order valence-electron chi connectivity index (χ0n) is 16.0. The predicted octanol–water partition coefficient (Wildman–Crippen LogP) is 5.34. The number of halogens is 1. The quantitative estimate of drug-likeness (QED) is 0.312. The molecule has 148 valence electrons. The smallest absolute Gasteiger partial charge is 0.271 e. The van der Waals surface area contributed by atoms with Crippen molar-refractivity contribution in [3.05, 3.63) is 106 Å². The van der Waals surface area contributed by atoms with Gasteiger partial charge in [-0.15, -0.1) is 0 Å². The fraction of sp³-hybridized carbons (Fsp3) is 0.0417. The van der Waals surface area contributed by atoms with Crippen LogP contribution in [0.25, 0.3) is 10.8 Å². The highest BCUT2D eigenvalue weighted by Gasteiger charge is 2.06. The van der Waals surface area contributed by atoms with E-state index in [0.717, 1.165) is 21.3 Å². The standard InChI is InChI=1S/C24H18BrN3O2/c25-22-14-17(15-27-28-24(29)19-10-12-26-13-11-19)8-9-23(22)30-16-20-6-3-5-18-4-1-2-7-21(18)20/h1-15H,16H2,(H,28,29)/b27-15-. The summed E-state index contributed by atoms with van der Waals surface area (Å²) in [6.45, 7) is 0.468. The lowest BCUT2D eigenvalue weighted by molar-refractivity contribution is 0.0955. The zero-order chi connectivity index (χ0) is 20.8. The maximum atomic E-state index is 12.0. The van der Waals surface area contributed by atoms with Crippen LogP contribution in [-0.4, -0.2) is 17.1 Å². The first-order valence-electron chi connectivity index (χ1n) is 9.33. The number of hydrogen-bond acceptors (Lipinski definition) is 4. The van der Waals surface area contributed by atoms with Crippen LogP contribution in [0.4, 0.5) is 0 Å². The van der Waals surface area contributed by atoms with Gasteiger partial charge in [0.1, 0.15) is 12.4 Å². The molecule has 0 atom stereocenters. The molecule has 1 N–H and O–H groups in total. The SMILES string of the molecule is O=C(N/N=C\c1ccc(OCc2cccc3ccccc23)c(Br)c1)c1ccncc1. The Kier molecular flexibility index (Phi) is 6.15. The average molecular weight is 460 g/mol. The maximum absolute atomic E-state index is 12.0. The van der Waals surface area contributed by atoms with E-state index in [0.29, 0.717) is 12.2 Å². The number of fused-ring (bicyclic) bond motifs is 1. The predicted molar refractivity (Wildman–Crippen MR) is 122 cm³/mol. The van der Waals surface area contributed by atoms with Gasteiger partial charge in [0.15, 0.2) is 0 Å². The summed E-state index contributed by atoms with van der Waals surface area (Å²) < 4.78 is 6.83. The molecule has 0 radical (unpaired) electrons. The summed E-state index contributed by atoms with van der Waals surface area (Å²) in [7, 11) is 0. The van der Waals surface area contributed by atoms with Gasteiger partial charge >= 0.3 is 0 Å². The molecule has 0 saturated carbocycles. The molecule has 1 heterocycles. The van der Waals surface area contributed by atoms with Crippen molar-refractivity contribution in [2.45, 2.75) is 6.61 Å². The van der Waals surface area contributed by atoms with Crippen LogP contribution in [0, 0.1) is 0 Å². The topological polar surface area (TPSA) is 63.6 Å². The highest BCUT2D eigenvalue weighted by atomic mass is 79.9. The second kappa shape index (κ2) is 9.33. The number of hydrazone groups is 1. The number of carbonyl (C=O) groups is 1. The van der Waals surface area contributed by atoms with Crippen LogP contribution in [-0.2, 0) is 6.61 Å². The van der Waals surface area contributed by atoms with Crippen LogP contribution in [0.2, 0.25) is 0 Å². The Bertz CT molecular complexity index is 1200. The van der Waals surface area contributed by atoms with Gasteiger partial charge in [0.25, 0.3) is 5.91 Å². The molecule has 6 heteroatoms. The third kappa shape index (κ3) is 4.72. The van der Waals surface area contributed by atoms with Crippen molar-refractivity contribution < 1.29 is 9.53 Å². The number of amides is 1. The summed E-state index contributed by atoms with van der Waals surface area (Å²) in [4.78, 5) is 15.9. The molecule has 0 spiro atoms. The Morgan fingerprint density at radius 3 is 2.67 bits per heavy atom. The van der Waals surface area contributed by atoms with Crippen molar-refractivity contribution in [1.29, 1.82) is 0 Å². The first kappa shape index (κ1) is 19.8. The van der Waals surface area contributed by atoms with Crippen molar-refractivity contribution in [3.63, 3.8) is 0 Å². The van der Waals surface area contributed by atoms with Crippen LogP contribution in [0.15, 0.2) is 94.8 Å². The van der Waals surface area contributed by atoms with Gasteiger partial charge in [0, 0.05) is 18.0 Å². The minimum absolute atomic E-state index is 0.289. The van der Waals surface area contributed by atoms with E-state index >= 15 is 0 Å². The number of rotatable bonds is 6. The summed E-state index contributed by atoms with van der Waals surface area (Å²) in [5.74, 6) is 0.448. The fourth-order valence-electron chi connectivity index (χ4n) is 3.02. The maximum Gasteiger partial charge on any atom is 0.271 e. The fourth-order valence-corrected chi connectivity index (χ4v) is 3.53. The van der Waals surface area contributed by atoms with E-state index in [2.05, 4.69) is 55.7 Å². The summed E-state index contributed by atoms with van der Waals surface area (Å²) in [5.41, 5.74) is 4.96. The van der Waals surface area contributed by atoms with Crippen molar-refractivity contribution in [2.75, 3.05) is 0 Å². The van der Waals surface area contributed by atoms with E-state index in [9.17, 15) is 4.79 Å². The van der Waals surface area contributed by atoms with Crippen molar-refractivity contribution in [2.24, 2.45) is 5.10 Å². The first-order valence-corrected chi connectivity index (χ1v) is 10.1. The van der Waals surface area contributed by atoms with Gasteiger partial charge in [0.2, 0.25) is 0 Å². The third-order valence-corrected chi connectivity index (χ3v) is 5.16. The van der Waals surface area contributed by atoms with E-state index in [1.165, 1.54) is 10.8 Å². The minimum Gasteiger partial charge on any atom is -0.488 e. The lowest BCUT2D eigenvalue weighted by Crippen LogP contribution is -2.17. The normalized spacial score (nSPS) is 11.0. The van der Waals surface area contributed by atoms with Crippen molar-refractivity contribution in [3.8, 4) is 5.75 Å². The molecule has 4 rings (SSSR count). The zero-order valence-corrected chi connectivity index (χ0v) is 17.5. The molecule has 4 aromatic rings. The summed E-state index contributed by atoms with van der Waals surface area (Å²) >= 11 is 3.55. The van der Waals surface area contributed by atoms with Gasteiger partial charge in [-0.2, -0.15) is 5.10 Å². The number of carbonyl (C=O) groups excluding carboxylic acids is 1. The molecule has 0 saturated heterocycles. The number of nitrogens with one attached hydrogen (secondary N) is 1. The molecule has 0 aliphatic heterocycles. The van der Waals surface area contributed by atoms with E-state index in [1.54, 1.807) is 30.7 Å². The first-order chi connectivity index (χ1) is 14.7. The van der Waals surface area contributed by atoms with Gasteiger partial charge in [-0.25, -0.2) is 5.43 Å². The van der Waals surface area contributed by atoms with E-state index < -0.39 is 0 Å². The van der Waals surface area contributed by atoms with Crippen LogP contribution in [0.3, 0.4) is 0 Å². The van der Waals surface area contributed by atoms with Crippen LogP contribution in [0.1, 0.15) is 21.5 Å². The lowest BCUT2D eigenvalue weighted by Gasteiger charge is -2.11. The summed E-state index contributed by atoms with van der Waals surface area (Å²) in [6, 6.07) is 23.4. The summed E-state index contributed by atoms with van der Waals surface area (Å²) in [6.07, 6.45) is 4.71. The van der Waals surface area contributed by atoms with Gasteiger partial charge in [-0.3, -0.25) is 9.78 Å². The highest BCUT2D eigenvalue weighted by molar-refractivity contribution is 9.10. The number of benzene rings is 3. The average Bonchev–Trinajstić information content (AvgIpc) is 2.79. The van der Waals surface area contributed by atoms with E-state index in [1.807, 2.05) is 36.4 Å². The van der Waals surface area contributed by atoms with Crippen LogP contribution in [0.5, 0.6) is 5.75 Å². The Balaban J connectivity index is 1.40. The van der Waals surface area contributed by atoms with Crippen LogP contribution >= 0.6 is 15.9 Å². The van der Waals surface area contributed by atoms with Gasteiger partial charge in [-0.05, 0) is 68.2 Å². The molecule has 0 unspecified atom stereocenters. The molecular weight excluding hydrogens is 442 g/mol. The van der Waals surface area contributed by atoms with E-state index in [4.69, 9.17) is 4.74 Å². The molecule has 0 aliphatic rings. The highest BCUT2D eigenvalue weighted by Crippen LogP contribution is 2.27. The monoisotopic (exact) mass is 459 g/mol. The molecule has 0 aliphatic carbocycles. The molecule has 1 amide bonds. The number of nitrogens with zero attached hydrogens (tertiary/aromatic N) is 2. The minimum atomic E-state index is -0.289. The number of ether oxygens (including phenoxy) is 1. The Morgan fingerprint density at radius 2 is 1.83 bits per heavy atom. The van der Waals surface area contributed by atoms with Gasteiger partial charge in [0.05, 0.1) is 10.7 Å². The van der Waals surface area contributed by atoms with E-state index in [-0.39, 0.29) is 5.91 Å². The Hall–Kier alpha value is -3.51. The molecular formula is C24H18BrN3O2. The van der Waals surface area contributed by atoms with Gasteiger partial charge in [-0.1, -0.05) is 42.5 Å². The largest absolute Gasteiger partial charge is 0.488 e. The lowest BCUT2D eigenvalue weighted by atomic mass is 10.1. The molecule has 0 bridgehead atoms. The Labute approximate surface area is 182 Å². The van der Waals surface area contributed by atoms with Gasteiger partial charge < -0.3 is 4.74 Å². The van der Waals surface area contributed by atoms with Crippen molar-refractivity contribution >= 4 is 38.8 Å². The van der Waals surface area contributed by atoms with Crippen molar-refractivity contribution in [1.82, 2.24) is 10.4 Å². The summed E-state index contributed by atoms with van der Waals surface area (Å²) in [5, 5.41) is 6.39. The second-order valence-corrected chi connectivity index (χ2v) is 7.41. The number of pyridine rings is 1. The second-order valence-electron chi connectivity index (χ2n) is 6.55. The third-order valence-electron chi connectivity index (χ3n) is 4.54. The molecule has 3 aromatic carbocycles. The number of hydrogen-bond donors (Lipinski definition) is 1. The molecule has 1 aromatic heterocycles. The molecule has 30 heavy (non-hydrogen) atoms. The molecule has 5 nitrogen and oxygen atoms in total.